The number of hydrogen-bond acceptors (Lipinski definition) is 4. The Morgan fingerprint density at radius 3 is 2.85 bits per heavy atom. The summed E-state index contributed by atoms with van der Waals surface area (Å²) in [5, 5.41) is 13.9. The van der Waals surface area contributed by atoms with Gasteiger partial charge in [0, 0.05) is 12.5 Å². The molecule has 0 saturated carbocycles. The van der Waals surface area contributed by atoms with Crippen LogP contribution in [0.2, 0.25) is 0 Å². The zero-order valence-corrected chi connectivity index (χ0v) is 12.1. The van der Waals surface area contributed by atoms with Gasteiger partial charge in [-0.1, -0.05) is 0 Å². The van der Waals surface area contributed by atoms with Crippen LogP contribution in [0.4, 0.5) is 0 Å². The lowest BCUT2D eigenvalue weighted by Gasteiger charge is -2.26. The molecule has 110 valence electrons. The minimum Gasteiger partial charge on any atom is -0.480 e. The van der Waals surface area contributed by atoms with E-state index in [-0.39, 0.29) is 6.04 Å². The van der Waals surface area contributed by atoms with Gasteiger partial charge in [-0.05, 0) is 46.1 Å². The monoisotopic (exact) mass is 278 g/mol. The van der Waals surface area contributed by atoms with Crippen molar-refractivity contribution in [1.82, 2.24) is 19.7 Å². The summed E-state index contributed by atoms with van der Waals surface area (Å²) in [6.07, 6.45) is 4.61. The highest BCUT2D eigenvalue weighted by atomic mass is 16.4. The molecular weight excluding hydrogens is 256 g/mol. The van der Waals surface area contributed by atoms with E-state index in [1.165, 1.54) is 0 Å². The normalized spacial score (nSPS) is 26.9. The first-order valence-corrected chi connectivity index (χ1v) is 7.52. The molecule has 2 aliphatic heterocycles. The van der Waals surface area contributed by atoms with E-state index in [0.717, 1.165) is 43.9 Å². The number of fused-ring (bicyclic) bond motifs is 1. The number of hydrogen-bond donors (Lipinski definition) is 1. The van der Waals surface area contributed by atoms with Crippen LogP contribution in [-0.4, -0.2) is 43.3 Å². The van der Waals surface area contributed by atoms with Crippen molar-refractivity contribution in [3.05, 3.63) is 11.6 Å². The van der Waals surface area contributed by atoms with Gasteiger partial charge in [0.05, 0.1) is 6.04 Å². The number of likely N-dealkylation sites (tertiary alicyclic amines) is 1. The first kappa shape index (κ1) is 13.5. The summed E-state index contributed by atoms with van der Waals surface area (Å²) in [4.78, 5) is 18.4. The Labute approximate surface area is 118 Å². The Morgan fingerprint density at radius 1 is 1.35 bits per heavy atom. The third kappa shape index (κ3) is 2.22. The number of carbonyl (C=O) groups is 1. The van der Waals surface area contributed by atoms with Crippen LogP contribution in [0.1, 0.15) is 63.3 Å². The van der Waals surface area contributed by atoms with E-state index in [1.54, 1.807) is 4.68 Å². The number of carboxylic acid groups (broad SMARTS) is 1. The summed E-state index contributed by atoms with van der Waals surface area (Å²) in [6, 6.07) is 0.190. The van der Waals surface area contributed by atoms with Crippen LogP contribution in [0.5, 0.6) is 0 Å². The smallest absolute Gasteiger partial charge is 0.328 e. The molecule has 0 radical (unpaired) electrons. The van der Waals surface area contributed by atoms with Crippen molar-refractivity contribution in [2.24, 2.45) is 0 Å². The highest BCUT2D eigenvalue weighted by Gasteiger charge is 2.34. The molecule has 6 nitrogen and oxygen atoms in total. The lowest BCUT2D eigenvalue weighted by Crippen LogP contribution is -2.31. The van der Waals surface area contributed by atoms with Gasteiger partial charge in [-0.15, -0.1) is 0 Å². The molecule has 0 aliphatic carbocycles. The average molecular weight is 278 g/mol. The highest BCUT2D eigenvalue weighted by Crippen LogP contribution is 2.33. The molecule has 2 unspecified atom stereocenters. The fourth-order valence-electron chi connectivity index (χ4n) is 3.42. The van der Waals surface area contributed by atoms with Gasteiger partial charge in [-0.2, -0.15) is 5.10 Å². The summed E-state index contributed by atoms with van der Waals surface area (Å²) in [5.74, 6) is 0.864. The Morgan fingerprint density at radius 2 is 2.15 bits per heavy atom. The second kappa shape index (κ2) is 5.16. The maximum Gasteiger partial charge on any atom is 0.328 e. The van der Waals surface area contributed by atoms with Crippen LogP contribution >= 0.6 is 0 Å². The van der Waals surface area contributed by atoms with E-state index < -0.39 is 12.0 Å². The van der Waals surface area contributed by atoms with Crippen LogP contribution in [0.25, 0.3) is 0 Å². The maximum atomic E-state index is 11.3. The van der Waals surface area contributed by atoms with Crippen molar-refractivity contribution >= 4 is 5.97 Å². The summed E-state index contributed by atoms with van der Waals surface area (Å²) >= 11 is 0. The third-order valence-electron chi connectivity index (χ3n) is 4.43. The first-order chi connectivity index (χ1) is 9.58. The van der Waals surface area contributed by atoms with E-state index in [2.05, 4.69) is 28.8 Å². The van der Waals surface area contributed by atoms with Gasteiger partial charge in [-0.25, -0.2) is 14.5 Å². The maximum absolute atomic E-state index is 11.3. The van der Waals surface area contributed by atoms with Gasteiger partial charge in [0.2, 0.25) is 0 Å². The molecule has 3 heterocycles. The van der Waals surface area contributed by atoms with E-state index in [1.807, 2.05) is 0 Å². The van der Waals surface area contributed by atoms with E-state index in [9.17, 15) is 9.90 Å². The molecule has 0 bridgehead atoms. The topological polar surface area (TPSA) is 71.2 Å². The molecule has 1 aromatic rings. The van der Waals surface area contributed by atoms with Gasteiger partial charge in [0.25, 0.3) is 0 Å². The molecular formula is C14H22N4O2. The van der Waals surface area contributed by atoms with Crippen LogP contribution in [-0.2, 0) is 11.2 Å². The van der Waals surface area contributed by atoms with Crippen molar-refractivity contribution in [3.63, 3.8) is 0 Å². The van der Waals surface area contributed by atoms with E-state index in [4.69, 9.17) is 0 Å². The first-order valence-electron chi connectivity index (χ1n) is 7.52. The van der Waals surface area contributed by atoms with Crippen LogP contribution in [0, 0.1) is 0 Å². The highest BCUT2D eigenvalue weighted by molar-refractivity contribution is 5.71. The molecule has 2 atom stereocenters. The van der Waals surface area contributed by atoms with Gasteiger partial charge in [-0.3, -0.25) is 4.90 Å². The number of nitrogens with zero attached hydrogens (tertiary/aromatic N) is 4. The minimum absolute atomic E-state index is 0.252. The van der Waals surface area contributed by atoms with Crippen molar-refractivity contribution in [2.45, 2.75) is 64.1 Å². The minimum atomic E-state index is -0.797. The summed E-state index contributed by atoms with van der Waals surface area (Å²) in [6.45, 7) is 5.46. The number of aryl methyl sites for hydroxylation is 1. The Bertz CT molecular complexity index is 511. The van der Waals surface area contributed by atoms with Gasteiger partial charge >= 0.3 is 5.97 Å². The lowest BCUT2D eigenvalue weighted by molar-refractivity contribution is -0.141. The Hall–Kier alpha value is -1.43. The molecule has 1 aromatic heterocycles. The number of rotatable bonds is 3. The Kier molecular flexibility index (Phi) is 3.50. The third-order valence-corrected chi connectivity index (χ3v) is 4.43. The summed E-state index contributed by atoms with van der Waals surface area (Å²) < 4.78 is 1.65. The number of carboxylic acids is 1. The predicted molar refractivity (Wildman–Crippen MR) is 73.4 cm³/mol. The Balaban J connectivity index is 1.91. The fourth-order valence-corrected chi connectivity index (χ4v) is 3.42. The van der Waals surface area contributed by atoms with Gasteiger partial charge < -0.3 is 5.11 Å². The number of aromatic nitrogens is 3. The molecule has 0 aromatic carbocycles. The zero-order valence-electron chi connectivity index (χ0n) is 12.1. The molecule has 2 aliphatic rings. The van der Waals surface area contributed by atoms with E-state index in [0.29, 0.717) is 12.5 Å². The second-order valence-corrected chi connectivity index (χ2v) is 6.07. The largest absolute Gasteiger partial charge is 0.480 e. The fraction of sp³-hybridized carbons (Fsp3) is 0.786. The molecule has 1 fully saturated rings. The second-order valence-electron chi connectivity index (χ2n) is 6.07. The molecule has 1 N–H and O–H groups in total. The van der Waals surface area contributed by atoms with Crippen molar-refractivity contribution in [1.29, 1.82) is 0 Å². The number of aliphatic carboxylic acids is 1. The predicted octanol–water partition coefficient (Wildman–Crippen LogP) is 1.79. The van der Waals surface area contributed by atoms with Crippen molar-refractivity contribution < 1.29 is 9.90 Å². The quantitative estimate of drug-likeness (QED) is 0.912. The van der Waals surface area contributed by atoms with Crippen LogP contribution < -0.4 is 0 Å². The molecule has 3 rings (SSSR count). The van der Waals surface area contributed by atoms with Crippen molar-refractivity contribution in [2.75, 3.05) is 6.54 Å². The SMILES string of the molecule is CC(C)N1CCCC1c1nc2n(n1)C(C(=O)O)CCC2. The summed E-state index contributed by atoms with van der Waals surface area (Å²) in [5.41, 5.74) is 0. The molecule has 0 spiro atoms. The van der Waals surface area contributed by atoms with Crippen molar-refractivity contribution in [3.8, 4) is 0 Å². The molecule has 6 heteroatoms. The van der Waals surface area contributed by atoms with Gasteiger partial charge in [0.15, 0.2) is 11.9 Å². The zero-order chi connectivity index (χ0) is 14.3. The lowest BCUT2D eigenvalue weighted by atomic mass is 10.1. The molecule has 1 saturated heterocycles. The average Bonchev–Trinajstić information content (AvgIpc) is 3.03. The van der Waals surface area contributed by atoms with Gasteiger partial charge in [0.1, 0.15) is 5.82 Å². The van der Waals surface area contributed by atoms with Crippen LogP contribution in [0.15, 0.2) is 0 Å². The van der Waals surface area contributed by atoms with Crippen LogP contribution in [0.3, 0.4) is 0 Å². The summed E-state index contributed by atoms with van der Waals surface area (Å²) in [7, 11) is 0. The van der Waals surface area contributed by atoms with E-state index >= 15 is 0 Å². The molecule has 0 amide bonds. The molecule has 20 heavy (non-hydrogen) atoms. The standard InChI is InChI=1S/C14H22N4O2/c1-9(2)17-8-4-6-10(17)13-15-12-7-3-5-11(14(19)20)18(12)16-13/h9-11H,3-8H2,1-2H3,(H,19,20).